The number of fused-ring (bicyclic) bond motifs is 2. The van der Waals surface area contributed by atoms with Crippen LogP contribution < -0.4 is 9.46 Å². The van der Waals surface area contributed by atoms with Gasteiger partial charge in [-0.1, -0.05) is 48.2 Å². The molecule has 4 aromatic carbocycles. The molecule has 0 aliphatic rings. The van der Waals surface area contributed by atoms with Crippen LogP contribution in [0.25, 0.3) is 21.0 Å². The molecular formula is C25H20N2O4S3. The number of nitrogens with one attached hydrogen (secondary N) is 1. The molecule has 0 spiro atoms. The molecule has 1 aromatic heterocycles. The molecule has 0 aliphatic heterocycles. The summed E-state index contributed by atoms with van der Waals surface area (Å²) in [4.78, 5) is 5.26. The summed E-state index contributed by atoms with van der Waals surface area (Å²) in [6.45, 7) is 2.37. The van der Waals surface area contributed by atoms with Crippen molar-refractivity contribution in [2.24, 2.45) is 0 Å². The van der Waals surface area contributed by atoms with Crippen molar-refractivity contribution in [1.82, 2.24) is 4.98 Å². The lowest BCUT2D eigenvalue weighted by atomic mass is 10.1. The normalized spacial score (nSPS) is 11.7. The van der Waals surface area contributed by atoms with Crippen molar-refractivity contribution >= 4 is 59.8 Å². The summed E-state index contributed by atoms with van der Waals surface area (Å²) in [6, 6.07) is 22.9. The highest BCUT2D eigenvalue weighted by Crippen LogP contribution is 2.44. The van der Waals surface area contributed by atoms with Gasteiger partial charge in [0.15, 0.2) is 4.34 Å². The molecule has 2 N–H and O–H groups in total. The lowest BCUT2D eigenvalue weighted by molar-refractivity contribution is 0.340. The zero-order chi connectivity index (χ0) is 23.7. The van der Waals surface area contributed by atoms with E-state index in [1.165, 1.54) is 35.2 Å². The maximum atomic E-state index is 13.2. The van der Waals surface area contributed by atoms with Crippen LogP contribution >= 0.6 is 23.1 Å². The van der Waals surface area contributed by atoms with Crippen LogP contribution in [0.1, 0.15) is 6.92 Å². The molecule has 5 aromatic rings. The fraction of sp³-hybridized carbons (Fsp3) is 0.0800. The fourth-order valence-electron chi connectivity index (χ4n) is 3.57. The Morgan fingerprint density at radius 2 is 1.71 bits per heavy atom. The Morgan fingerprint density at radius 3 is 2.44 bits per heavy atom. The number of rotatable bonds is 7. The topological polar surface area (TPSA) is 88.5 Å². The van der Waals surface area contributed by atoms with Crippen molar-refractivity contribution in [2.45, 2.75) is 21.1 Å². The number of ether oxygens (including phenoxy) is 1. The number of phenolic OH excluding ortho intramolecular Hbond substituents is 1. The second-order valence-electron chi connectivity index (χ2n) is 7.38. The highest BCUT2D eigenvalue weighted by atomic mass is 32.2. The molecule has 0 saturated carbocycles. The predicted octanol–water partition coefficient (Wildman–Crippen LogP) is 6.51. The molecular weight excluding hydrogens is 488 g/mol. The Labute approximate surface area is 205 Å². The largest absolute Gasteiger partial charge is 0.506 e. The third-order valence-electron chi connectivity index (χ3n) is 5.14. The summed E-state index contributed by atoms with van der Waals surface area (Å²) in [5, 5.41) is 12.1. The Balaban J connectivity index is 1.54. The number of anilines is 1. The fourth-order valence-corrected chi connectivity index (χ4v) is 6.76. The van der Waals surface area contributed by atoms with Gasteiger partial charge in [0.2, 0.25) is 0 Å². The summed E-state index contributed by atoms with van der Waals surface area (Å²) in [5.41, 5.74) is 1.26. The number of aromatic nitrogens is 1. The number of sulfonamides is 1. The van der Waals surface area contributed by atoms with E-state index < -0.39 is 10.0 Å². The molecule has 9 heteroatoms. The van der Waals surface area contributed by atoms with E-state index in [2.05, 4.69) is 9.71 Å². The number of para-hydroxylation sites is 1. The minimum absolute atomic E-state index is 0.0869. The smallest absolute Gasteiger partial charge is 0.261 e. The van der Waals surface area contributed by atoms with Gasteiger partial charge >= 0.3 is 0 Å². The number of hydrogen-bond acceptors (Lipinski definition) is 7. The van der Waals surface area contributed by atoms with Crippen molar-refractivity contribution in [3.05, 3.63) is 78.9 Å². The molecule has 0 saturated heterocycles. The minimum Gasteiger partial charge on any atom is -0.506 e. The Morgan fingerprint density at radius 1 is 1.00 bits per heavy atom. The average molecular weight is 509 g/mol. The summed E-state index contributed by atoms with van der Waals surface area (Å²) >= 11 is 2.82. The first-order valence-electron chi connectivity index (χ1n) is 10.5. The molecule has 0 atom stereocenters. The van der Waals surface area contributed by atoms with Gasteiger partial charge in [-0.3, -0.25) is 4.72 Å². The van der Waals surface area contributed by atoms with Crippen LogP contribution in [0, 0.1) is 0 Å². The highest BCUT2D eigenvalue weighted by Gasteiger charge is 2.20. The zero-order valence-electron chi connectivity index (χ0n) is 18.1. The van der Waals surface area contributed by atoms with Crippen LogP contribution in [0.15, 0.2) is 93.0 Å². The molecule has 0 amide bonds. The molecule has 0 aliphatic carbocycles. The van der Waals surface area contributed by atoms with Gasteiger partial charge in [0.05, 0.1) is 32.3 Å². The first-order valence-corrected chi connectivity index (χ1v) is 13.6. The van der Waals surface area contributed by atoms with E-state index in [0.29, 0.717) is 33.7 Å². The van der Waals surface area contributed by atoms with Crippen LogP contribution in [0.5, 0.6) is 11.5 Å². The van der Waals surface area contributed by atoms with Gasteiger partial charge < -0.3 is 9.84 Å². The maximum Gasteiger partial charge on any atom is 0.261 e. The van der Waals surface area contributed by atoms with E-state index in [1.807, 2.05) is 31.2 Å². The number of aromatic hydroxyl groups is 1. The lowest BCUT2D eigenvalue weighted by Crippen LogP contribution is -2.13. The average Bonchev–Trinajstić information content (AvgIpc) is 3.25. The molecule has 0 fully saturated rings. The van der Waals surface area contributed by atoms with Gasteiger partial charge in [0.25, 0.3) is 10.0 Å². The molecule has 0 radical (unpaired) electrons. The number of benzene rings is 4. The van der Waals surface area contributed by atoms with E-state index in [0.717, 1.165) is 14.6 Å². The second kappa shape index (κ2) is 9.17. The molecule has 6 nitrogen and oxygen atoms in total. The Hall–Kier alpha value is -3.27. The predicted molar refractivity (Wildman–Crippen MR) is 138 cm³/mol. The number of thiazole rings is 1. The highest BCUT2D eigenvalue weighted by molar-refractivity contribution is 8.01. The van der Waals surface area contributed by atoms with Crippen molar-refractivity contribution in [1.29, 1.82) is 0 Å². The first kappa shape index (κ1) is 22.5. The van der Waals surface area contributed by atoms with Crippen LogP contribution in [0.3, 0.4) is 0 Å². The van der Waals surface area contributed by atoms with Gasteiger partial charge in [-0.2, -0.15) is 0 Å². The molecule has 34 heavy (non-hydrogen) atoms. The molecule has 5 rings (SSSR count). The molecule has 0 unspecified atom stereocenters. The van der Waals surface area contributed by atoms with E-state index in [-0.39, 0.29) is 10.6 Å². The van der Waals surface area contributed by atoms with E-state index >= 15 is 0 Å². The van der Waals surface area contributed by atoms with Crippen molar-refractivity contribution in [2.75, 3.05) is 11.3 Å². The minimum atomic E-state index is -3.87. The molecule has 0 bridgehead atoms. The summed E-state index contributed by atoms with van der Waals surface area (Å²) in [7, 11) is -3.87. The summed E-state index contributed by atoms with van der Waals surface area (Å²) in [6.07, 6.45) is 0. The van der Waals surface area contributed by atoms with Crippen LogP contribution in [-0.4, -0.2) is 25.1 Å². The van der Waals surface area contributed by atoms with Gasteiger partial charge in [-0.15, -0.1) is 11.3 Å². The van der Waals surface area contributed by atoms with E-state index in [1.54, 1.807) is 42.5 Å². The molecule has 1 heterocycles. The van der Waals surface area contributed by atoms with Gasteiger partial charge in [-0.25, -0.2) is 13.4 Å². The monoisotopic (exact) mass is 508 g/mol. The van der Waals surface area contributed by atoms with Crippen LogP contribution in [-0.2, 0) is 10.0 Å². The standard InChI is InChI=1S/C25H20N2O4S3/c1-2-31-16-11-13-17(14-12-16)34(29,30)27-21-15-23(24(28)19-8-4-3-7-18(19)21)33-25-26-20-9-5-6-10-22(20)32-25/h3-15,27-28H,2H2,1H3. The van der Waals surface area contributed by atoms with Gasteiger partial charge in [0.1, 0.15) is 11.5 Å². The second-order valence-corrected chi connectivity index (χ2v) is 11.4. The Bertz CT molecular complexity index is 1560. The number of phenols is 1. The third kappa shape index (κ3) is 4.42. The van der Waals surface area contributed by atoms with E-state index in [9.17, 15) is 13.5 Å². The number of hydrogen-bond donors (Lipinski definition) is 2. The maximum absolute atomic E-state index is 13.2. The van der Waals surface area contributed by atoms with Crippen LogP contribution in [0.2, 0.25) is 0 Å². The number of nitrogens with zero attached hydrogens (tertiary/aromatic N) is 1. The zero-order valence-corrected chi connectivity index (χ0v) is 20.5. The first-order chi connectivity index (χ1) is 16.4. The van der Waals surface area contributed by atoms with Crippen LogP contribution in [0.4, 0.5) is 5.69 Å². The van der Waals surface area contributed by atoms with Crippen molar-refractivity contribution < 1.29 is 18.3 Å². The van der Waals surface area contributed by atoms with Crippen molar-refractivity contribution in [3.8, 4) is 11.5 Å². The molecule has 172 valence electrons. The quantitative estimate of drug-likeness (QED) is 0.244. The lowest BCUT2D eigenvalue weighted by Gasteiger charge is -2.14. The summed E-state index contributed by atoms with van der Waals surface area (Å²) < 4.78 is 36.2. The van der Waals surface area contributed by atoms with Gasteiger partial charge in [-0.05, 0) is 49.4 Å². The van der Waals surface area contributed by atoms with Gasteiger partial charge in [0, 0.05) is 10.8 Å². The SMILES string of the molecule is CCOc1ccc(S(=O)(=O)Nc2cc(Sc3nc4ccccc4s3)c(O)c3ccccc23)cc1. The van der Waals surface area contributed by atoms with Crippen molar-refractivity contribution in [3.63, 3.8) is 0 Å². The van der Waals surface area contributed by atoms with E-state index in [4.69, 9.17) is 4.74 Å². The Kier molecular flexibility index (Phi) is 6.07. The summed E-state index contributed by atoms with van der Waals surface area (Å²) in [5.74, 6) is 0.690. The third-order valence-corrected chi connectivity index (χ3v) is 8.65.